The van der Waals surface area contributed by atoms with Crippen molar-refractivity contribution in [3.63, 3.8) is 0 Å². The van der Waals surface area contributed by atoms with Crippen LogP contribution in [0.5, 0.6) is 0 Å². The Morgan fingerprint density at radius 1 is 1.21 bits per heavy atom. The normalized spacial score (nSPS) is 11.0. The number of para-hydroxylation sites is 1. The van der Waals surface area contributed by atoms with Crippen LogP contribution in [0.3, 0.4) is 0 Å². The van der Waals surface area contributed by atoms with Gasteiger partial charge in [0.15, 0.2) is 10.9 Å². The molecule has 144 valence electrons. The van der Waals surface area contributed by atoms with Crippen LogP contribution in [0.2, 0.25) is 0 Å². The molecular weight excluding hydrogens is 368 g/mol. The van der Waals surface area contributed by atoms with Gasteiger partial charge in [-0.1, -0.05) is 36.0 Å². The summed E-state index contributed by atoms with van der Waals surface area (Å²) in [6.07, 6.45) is 1.71. The number of thioether (sulfide) groups is 1. The number of hydrogen-bond acceptors (Lipinski definition) is 4. The minimum atomic E-state index is -0.0604. The van der Waals surface area contributed by atoms with Crippen LogP contribution in [-0.2, 0) is 12.3 Å². The van der Waals surface area contributed by atoms with Crippen LogP contribution >= 0.6 is 11.8 Å². The van der Waals surface area contributed by atoms with E-state index in [1.807, 2.05) is 32.0 Å². The molecule has 4 nitrogen and oxygen atoms in total. The Hall–Kier alpha value is -2.66. The molecule has 3 rings (SSSR count). The minimum Gasteiger partial charge on any atom is -0.294 e. The highest BCUT2D eigenvalue weighted by molar-refractivity contribution is 7.98. The molecule has 0 aliphatic heterocycles. The maximum atomic E-state index is 12.9. The Morgan fingerprint density at radius 2 is 1.93 bits per heavy atom. The standard InChI is InChI=1S/C23H24N2O2S/c1-6-11-25-22(27)18-9-7-8-10-20(18)24-23(25)28-13-19-14(2)12-15(3)21(16(19)4)17(5)26/h6-10,12H,1,11,13H2,2-5H3. The molecule has 0 aliphatic rings. The van der Waals surface area contributed by atoms with Gasteiger partial charge in [0.1, 0.15) is 0 Å². The predicted molar refractivity (Wildman–Crippen MR) is 116 cm³/mol. The number of fused-ring (bicyclic) bond motifs is 1. The number of carbonyl (C=O) groups is 1. The highest BCUT2D eigenvalue weighted by atomic mass is 32.2. The maximum absolute atomic E-state index is 12.9. The highest BCUT2D eigenvalue weighted by Crippen LogP contribution is 2.29. The molecule has 0 bridgehead atoms. The number of rotatable bonds is 6. The molecule has 1 aromatic heterocycles. The highest BCUT2D eigenvalue weighted by Gasteiger charge is 2.16. The van der Waals surface area contributed by atoms with Gasteiger partial charge in [0.25, 0.3) is 5.56 Å². The van der Waals surface area contributed by atoms with Gasteiger partial charge < -0.3 is 0 Å². The average Bonchev–Trinajstić information content (AvgIpc) is 2.63. The van der Waals surface area contributed by atoms with Crippen LogP contribution in [0.4, 0.5) is 0 Å². The molecule has 0 atom stereocenters. The van der Waals surface area contributed by atoms with Gasteiger partial charge in [0.05, 0.1) is 10.9 Å². The van der Waals surface area contributed by atoms with Gasteiger partial charge in [0, 0.05) is 17.9 Å². The number of ketones is 1. The van der Waals surface area contributed by atoms with Crippen molar-refractivity contribution in [1.29, 1.82) is 0 Å². The summed E-state index contributed by atoms with van der Waals surface area (Å²) in [6, 6.07) is 9.44. The van der Waals surface area contributed by atoms with Gasteiger partial charge in [-0.25, -0.2) is 4.98 Å². The number of Topliss-reactive ketones (excluding diaryl/α,β-unsaturated/α-hetero) is 1. The van der Waals surface area contributed by atoms with Crippen molar-refractivity contribution >= 4 is 28.4 Å². The number of aromatic nitrogens is 2. The molecule has 1 heterocycles. The van der Waals surface area contributed by atoms with E-state index in [0.29, 0.717) is 28.4 Å². The van der Waals surface area contributed by atoms with Gasteiger partial charge >= 0.3 is 0 Å². The fraction of sp³-hybridized carbons (Fsp3) is 0.261. The Kier molecular flexibility index (Phi) is 5.84. The van der Waals surface area contributed by atoms with E-state index in [4.69, 9.17) is 4.98 Å². The summed E-state index contributed by atoms with van der Waals surface area (Å²) in [5, 5.41) is 1.27. The van der Waals surface area contributed by atoms with E-state index >= 15 is 0 Å². The SMILES string of the molecule is C=CCn1c(SCc2c(C)cc(C)c(C(C)=O)c2C)nc2ccccc2c1=O. The number of benzene rings is 2. The summed E-state index contributed by atoms with van der Waals surface area (Å²) in [7, 11) is 0. The molecule has 2 aromatic carbocycles. The maximum Gasteiger partial charge on any atom is 0.262 e. The summed E-state index contributed by atoms with van der Waals surface area (Å²) >= 11 is 1.52. The quantitative estimate of drug-likeness (QED) is 0.256. The molecule has 0 saturated heterocycles. The van der Waals surface area contributed by atoms with Gasteiger partial charge in [0.2, 0.25) is 0 Å². The fourth-order valence-corrected chi connectivity index (χ4v) is 4.87. The Morgan fingerprint density at radius 3 is 2.61 bits per heavy atom. The number of nitrogens with zero attached hydrogens (tertiary/aromatic N) is 2. The molecule has 3 aromatic rings. The molecule has 0 aliphatic carbocycles. The van der Waals surface area contributed by atoms with Crippen molar-refractivity contribution in [2.24, 2.45) is 0 Å². The Bertz CT molecular complexity index is 1150. The van der Waals surface area contributed by atoms with Gasteiger partial charge in [-0.15, -0.1) is 6.58 Å². The lowest BCUT2D eigenvalue weighted by atomic mass is 9.92. The number of hydrogen-bond donors (Lipinski definition) is 0. The molecular formula is C23H24N2O2S. The average molecular weight is 393 g/mol. The molecule has 0 saturated carbocycles. The molecule has 5 heteroatoms. The second-order valence-electron chi connectivity index (χ2n) is 6.95. The van der Waals surface area contributed by atoms with E-state index in [0.717, 1.165) is 27.8 Å². The van der Waals surface area contributed by atoms with Crippen molar-refractivity contribution in [2.45, 2.75) is 45.1 Å². The van der Waals surface area contributed by atoms with Gasteiger partial charge in [-0.05, 0) is 62.1 Å². The molecule has 28 heavy (non-hydrogen) atoms. The first-order chi connectivity index (χ1) is 13.3. The molecule has 0 unspecified atom stereocenters. The van der Waals surface area contributed by atoms with Crippen LogP contribution in [0.1, 0.15) is 39.5 Å². The van der Waals surface area contributed by atoms with E-state index in [9.17, 15) is 9.59 Å². The third-order valence-electron chi connectivity index (χ3n) is 4.97. The topological polar surface area (TPSA) is 52.0 Å². The second kappa shape index (κ2) is 8.15. The number of aryl methyl sites for hydroxylation is 2. The van der Waals surface area contributed by atoms with E-state index < -0.39 is 0 Å². The lowest BCUT2D eigenvalue weighted by Gasteiger charge is -2.17. The first kappa shape index (κ1) is 20.1. The Labute approximate surface area is 169 Å². The smallest absolute Gasteiger partial charge is 0.262 e. The van der Waals surface area contributed by atoms with E-state index in [2.05, 4.69) is 19.6 Å². The zero-order valence-corrected chi connectivity index (χ0v) is 17.5. The Balaban J connectivity index is 2.06. The van der Waals surface area contributed by atoms with E-state index in [1.165, 1.54) is 11.8 Å². The van der Waals surface area contributed by atoms with Crippen LogP contribution in [0, 0.1) is 20.8 Å². The second-order valence-corrected chi connectivity index (χ2v) is 7.89. The first-order valence-electron chi connectivity index (χ1n) is 9.19. The van der Waals surface area contributed by atoms with E-state index in [1.54, 1.807) is 23.6 Å². The first-order valence-corrected chi connectivity index (χ1v) is 10.2. The van der Waals surface area contributed by atoms with Crippen molar-refractivity contribution in [3.8, 4) is 0 Å². The lowest BCUT2D eigenvalue weighted by molar-refractivity contribution is 0.101. The van der Waals surface area contributed by atoms with Crippen LogP contribution in [-0.4, -0.2) is 15.3 Å². The number of carbonyl (C=O) groups excluding carboxylic acids is 1. The van der Waals surface area contributed by atoms with Crippen molar-refractivity contribution in [3.05, 3.63) is 81.2 Å². The lowest BCUT2D eigenvalue weighted by Crippen LogP contribution is -2.22. The zero-order chi connectivity index (χ0) is 20.4. The van der Waals surface area contributed by atoms with Crippen LogP contribution in [0.25, 0.3) is 10.9 Å². The number of allylic oxidation sites excluding steroid dienone is 1. The summed E-state index contributed by atoms with van der Waals surface area (Å²) in [5.74, 6) is 0.716. The van der Waals surface area contributed by atoms with Crippen LogP contribution < -0.4 is 5.56 Å². The van der Waals surface area contributed by atoms with Crippen molar-refractivity contribution in [1.82, 2.24) is 9.55 Å². The van der Waals surface area contributed by atoms with Gasteiger partial charge in [-0.2, -0.15) is 0 Å². The van der Waals surface area contributed by atoms with Crippen molar-refractivity contribution in [2.75, 3.05) is 0 Å². The molecule has 0 fully saturated rings. The minimum absolute atomic E-state index is 0.0604. The van der Waals surface area contributed by atoms with E-state index in [-0.39, 0.29) is 11.3 Å². The molecule has 0 amide bonds. The monoisotopic (exact) mass is 392 g/mol. The zero-order valence-electron chi connectivity index (χ0n) is 16.7. The molecule has 0 radical (unpaired) electrons. The fourth-order valence-electron chi connectivity index (χ4n) is 3.67. The predicted octanol–water partition coefficient (Wildman–Crippen LogP) is 5.00. The third-order valence-corrected chi connectivity index (χ3v) is 5.97. The third kappa shape index (κ3) is 3.67. The van der Waals surface area contributed by atoms with Crippen molar-refractivity contribution < 1.29 is 4.79 Å². The summed E-state index contributed by atoms with van der Waals surface area (Å²) < 4.78 is 1.66. The van der Waals surface area contributed by atoms with Crippen LogP contribution in [0.15, 0.2) is 52.9 Å². The largest absolute Gasteiger partial charge is 0.294 e. The summed E-state index contributed by atoms with van der Waals surface area (Å²) in [5.41, 5.74) is 5.70. The summed E-state index contributed by atoms with van der Waals surface area (Å²) in [4.78, 5) is 29.7. The molecule has 0 N–H and O–H groups in total. The molecule has 0 spiro atoms. The summed E-state index contributed by atoms with van der Waals surface area (Å²) in [6.45, 7) is 11.8. The van der Waals surface area contributed by atoms with Gasteiger partial charge in [-0.3, -0.25) is 14.2 Å².